The van der Waals surface area contributed by atoms with Gasteiger partial charge in [-0.25, -0.2) is 4.79 Å². The van der Waals surface area contributed by atoms with Gasteiger partial charge in [-0.3, -0.25) is 0 Å². The van der Waals surface area contributed by atoms with Gasteiger partial charge in [0.15, 0.2) is 0 Å². The van der Waals surface area contributed by atoms with E-state index in [-0.39, 0.29) is 12.1 Å². The third-order valence-electron chi connectivity index (χ3n) is 3.59. The van der Waals surface area contributed by atoms with Crippen molar-refractivity contribution < 1.29 is 14.3 Å². The molecule has 124 valence electrons. The van der Waals surface area contributed by atoms with Crippen LogP contribution in [-0.4, -0.2) is 56.0 Å². The summed E-state index contributed by atoms with van der Waals surface area (Å²) in [6, 6.07) is 0.277. The predicted octanol–water partition coefficient (Wildman–Crippen LogP) is 2.79. The lowest BCUT2D eigenvalue weighted by Gasteiger charge is -2.28. The van der Waals surface area contributed by atoms with E-state index >= 15 is 0 Å². The molecule has 0 aromatic rings. The van der Waals surface area contributed by atoms with Crippen molar-refractivity contribution in [1.82, 2.24) is 10.2 Å². The Kier molecular flexibility index (Phi) is 8.04. The van der Waals surface area contributed by atoms with Crippen molar-refractivity contribution in [3.63, 3.8) is 0 Å². The largest absolute Gasteiger partial charge is 0.444 e. The molecule has 1 aliphatic rings. The highest BCUT2D eigenvalue weighted by molar-refractivity contribution is 5.69. The van der Waals surface area contributed by atoms with Crippen LogP contribution in [0, 0.1) is 0 Å². The number of amides is 1. The van der Waals surface area contributed by atoms with Crippen molar-refractivity contribution in [2.75, 3.05) is 33.4 Å². The van der Waals surface area contributed by atoms with Gasteiger partial charge < -0.3 is 19.7 Å². The molecule has 0 saturated carbocycles. The molecule has 21 heavy (non-hydrogen) atoms. The second kappa shape index (κ2) is 9.26. The highest BCUT2D eigenvalue weighted by Crippen LogP contribution is 2.20. The lowest BCUT2D eigenvalue weighted by molar-refractivity contribution is 0.0226. The maximum absolute atomic E-state index is 12.1. The quantitative estimate of drug-likeness (QED) is 0.700. The molecule has 0 aromatic heterocycles. The van der Waals surface area contributed by atoms with E-state index in [0.29, 0.717) is 0 Å². The van der Waals surface area contributed by atoms with Crippen molar-refractivity contribution in [2.24, 2.45) is 0 Å². The Morgan fingerprint density at radius 2 is 2.05 bits per heavy atom. The number of ether oxygens (including phenoxy) is 2. The smallest absolute Gasteiger partial charge is 0.410 e. The molecule has 0 radical (unpaired) electrons. The van der Waals surface area contributed by atoms with Crippen LogP contribution in [0.25, 0.3) is 0 Å². The van der Waals surface area contributed by atoms with Gasteiger partial charge in [-0.15, -0.1) is 0 Å². The molecule has 5 nitrogen and oxygen atoms in total. The van der Waals surface area contributed by atoms with E-state index in [4.69, 9.17) is 9.47 Å². The first-order valence-electron chi connectivity index (χ1n) is 8.13. The molecular weight excluding hydrogens is 268 g/mol. The number of hydrogen-bond donors (Lipinski definition) is 1. The maximum Gasteiger partial charge on any atom is 0.410 e. The monoisotopic (exact) mass is 300 g/mol. The van der Waals surface area contributed by atoms with Crippen LogP contribution in [0.4, 0.5) is 4.79 Å². The zero-order valence-corrected chi connectivity index (χ0v) is 14.1. The number of carbonyl (C=O) groups excluding carboxylic acids is 1. The molecule has 1 amide bonds. The van der Waals surface area contributed by atoms with E-state index in [2.05, 4.69) is 5.32 Å². The summed E-state index contributed by atoms with van der Waals surface area (Å²) in [7, 11) is 1.74. The average Bonchev–Trinajstić information content (AvgIpc) is 2.84. The Bertz CT molecular complexity index is 302. The highest BCUT2D eigenvalue weighted by atomic mass is 16.6. The minimum atomic E-state index is -0.418. The van der Waals surface area contributed by atoms with E-state index in [9.17, 15) is 4.79 Å². The zero-order valence-electron chi connectivity index (χ0n) is 14.1. The van der Waals surface area contributed by atoms with Crippen LogP contribution in [0.2, 0.25) is 0 Å². The summed E-state index contributed by atoms with van der Waals surface area (Å²) in [6.45, 7) is 9.26. The second-order valence-electron chi connectivity index (χ2n) is 6.73. The molecule has 0 aromatic carbocycles. The van der Waals surface area contributed by atoms with Crippen LogP contribution in [0.3, 0.4) is 0 Å². The second-order valence-corrected chi connectivity index (χ2v) is 6.73. The molecule has 0 aliphatic carbocycles. The SMILES string of the molecule is COCCCCCNCC1CCCN1C(=O)OC(C)(C)C. The summed E-state index contributed by atoms with van der Waals surface area (Å²) in [5.41, 5.74) is -0.418. The summed E-state index contributed by atoms with van der Waals surface area (Å²) in [6.07, 6.45) is 5.41. The van der Waals surface area contributed by atoms with Crippen molar-refractivity contribution in [1.29, 1.82) is 0 Å². The van der Waals surface area contributed by atoms with Gasteiger partial charge in [0.25, 0.3) is 0 Å². The topological polar surface area (TPSA) is 50.8 Å². The van der Waals surface area contributed by atoms with E-state index in [1.807, 2.05) is 25.7 Å². The molecule has 1 aliphatic heterocycles. The number of nitrogens with zero attached hydrogens (tertiary/aromatic N) is 1. The van der Waals surface area contributed by atoms with Crippen LogP contribution in [-0.2, 0) is 9.47 Å². The fourth-order valence-corrected chi connectivity index (χ4v) is 2.55. The van der Waals surface area contributed by atoms with E-state index in [0.717, 1.165) is 51.9 Å². The summed E-state index contributed by atoms with van der Waals surface area (Å²) >= 11 is 0. The minimum Gasteiger partial charge on any atom is -0.444 e. The first-order valence-corrected chi connectivity index (χ1v) is 8.13. The van der Waals surface area contributed by atoms with Crippen molar-refractivity contribution in [3.8, 4) is 0 Å². The van der Waals surface area contributed by atoms with Crippen LogP contribution in [0.5, 0.6) is 0 Å². The summed E-state index contributed by atoms with van der Waals surface area (Å²) < 4.78 is 10.5. The van der Waals surface area contributed by atoms with Crippen molar-refractivity contribution in [2.45, 2.75) is 64.5 Å². The number of rotatable bonds is 8. The minimum absolute atomic E-state index is 0.174. The number of carbonyl (C=O) groups is 1. The molecule has 0 spiro atoms. The number of likely N-dealkylation sites (tertiary alicyclic amines) is 1. The van der Waals surface area contributed by atoms with E-state index in [1.54, 1.807) is 7.11 Å². The van der Waals surface area contributed by atoms with Gasteiger partial charge >= 0.3 is 6.09 Å². The summed E-state index contributed by atoms with van der Waals surface area (Å²) in [5.74, 6) is 0. The summed E-state index contributed by atoms with van der Waals surface area (Å²) in [5, 5.41) is 3.46. The van der Waals surface area contributed by atoms with Gasteiger partial charge in [0.1, 0.15) is 5.60 Å². The van der Waals surface area contributed by atoms with E-state index in [1.165, 1.54) is 6.42 Å². The van der Waals surface area contributed by atoms with Crippen molar-refractivity contribution in [3.05, 3.63) is 0 Å². The Labute approximate surface area is 129 Å². The lowest BCUT2D eigenvalue weighted by Crippen LogP contribution is -2.44. The van der Waals surface area contributed by atoms with Gasteiger partial charge in [-0.2, -0.15) is 0 Å². The standard InChI is InChI=1S/C16H32N2O3/c1-16(2,3)21-15(19)18-11-8-9-14(18)13-17-10-6-5-7-12-20-4/h14,17H,5-13H2,1-4H3. The normalized spacial score (nSPS) is 19.0. The molecule has 1 saturated heterocycles. The zero-order chi connectivity index (χ0) is 15.7. The van der Waals surface area contributed by atoms with E-state index < -0.39 is 5.60 Å². The molecular formula is C16H32N2O3. The number of methoxy groups -OCH3 is 1. The lowest BCUT2D eigenvalue weighted by atomic mass is 10.2. The Morgan fingerprint density at radius 1 is 1.29 bits per heavy atom. The fraction of sp³-hybridized carbons (Fsp3) is 0.938. The Hall–Kier alpha value is -0.810. The first-order chi connectivity index (χ1) is 9.94. The third kappa shape index (κ3) is 7.67. The Balaban J connectivity index is 2.20. The summed E-state index contributed by atoms with van der Waals surface area (Å²) in [4.78, 5) is 14.0. The number of nitrogens with one attached hydrogen (secondary N) is 1. The molecule has 1 N–H and O–H groups in total. The molecule has 5 heteroatoms. The van der Waals surface area contributed by atoms with Crippen molar-refractivity contribution >= 4 is 6.09 Å². The molecule has 1 atom stereocenters. The van der Waals surface area contributed by atoms with Gasteiger partial charge in [0, 0.05) is 32.8 Å². The molecule has 1 unspecified atom stereocenters. The van der Waals surface area contributed by atoms with Gasteiger partial charge in [0.05, 0.1) is 0 Å². The highest BCUT2D eigenvalue weighted by Gasteiger charge is 2.31. The van der Waals surface area contributed by atoms with Crippen LogP contribution in [0.15, 0.2) is 0 Å². The molecule has 1 heterocycles. The third-order valence-corrected chi connectivity index (χ3v) is 3.59. The molecule has 0 bridgehead atoms. The van der Waals surface area contributed by atoms with Crippen LogP contribution >= 0.6 is 0 Å². The van der Waals surface area contributed by atoms with Crippen LogP contribution < -0.4 is 5.32 Å². The maximum atomic E-state index is 12.1. The van der Waals surface area contributed by atoms with Gasteiger partial charge in [-0.05, 0) is 59.4 Å². The Morgan fingerprint density at radius 3 is 2.71 bits per heavy atom. The number of hydrogen-bond acceptors (Lipinski definition) is 4. The molecule has 1 rings (SSSR count). The fourth-order valence-electron chi connectivity index (χ4n) is 2.55. The molecule has 1 fully saturated rings. The first kappa shape index (κ1) is 18.2. The van der Waals surface area contributed by atoms with Crippen LogP contribution in [0.1, 0.15) is 52.9 Å². The number of unbranched alkanes of at least 4 members (excludes halogenated alkanes) is 2. The average molecular weight is 300 g/mol. The predicted molar refractivity (Wildman–Crippen MR) is 84.6 cm³/mol. The van der Waals surface area contributed by atoms with Gasteiger partial charge in [0.2, 0.25) is 0 Å². The van der Waals surface area contributed by atoms with Gasteiger partial charge in [-0.1, -0.05) is 0 Å².